The lowest BCUT2D eigenvalue weighted by Crippen LogP contribution is -2.50. The molecule has 1 N–H and O–H groups in total. The van der Waals surface area contributed by atoms with Crippen LogP contribution in [-0.4, -0.2) is 19.0 Å². The summed E-state index contributed by atoms with van der Waals surface area (Å²) < 4.78 is 26.6. The molecular formula is C8H11F2N. The van der Waals surface area contributed by atoms with Crippen molar-refractivity contribution in [1.29, 1.82) is 0 Å². The van der Waals surface area contributed by atoms with Crippen molar-refractivity contribution in [1.82, 2.24) is 5.32 Å². The number of nitrogens with one attached hydrogen (secondary N) is 1. The quantitative estimate of drug-likeness (QED) is 0.563. The summed E-state index contributed by atoms with van der Waals surface area (Å²) in [4.78, 5) is 0. The molecule has 1 nitrogen and oxygen atoms in total. The molecular weight excluding hydrogens is 148 g/mol. The van der Waals surface area contributed by atoms with Crippen LogP contribution < -0.4 is 5.32 Å². The van der Waals surface area contributed by atoms with Gasteiger partial charge < -0.3 is 5.32 Å². The summed E-state index contributed by atoms with van der Waals surface area (Å²) in [6.07, 6.45) is 2.54. The molecule has 2 spiro atoms. The Bertz CT molecular complexity index is 194. The summed E-state index contributed by atoms with van der Waals surface area (Å²) in [7, 11) is 0. The normalized spacial score (nSPS) is 39.8. The van der Waals surface area contributed by atoms with Crippen molar-refractivity contribution >= 4 is 0 Å². The first-order valence-electron chi connectivity index (χ1n) is 4.25. The highest BCUT2D eigenvalue weighted by Crippen LogP contribution is 2.84. The van der Waals surface area contributed by atoms with Crippen LogP contribution in [0.1, 0.15) is 19.3 Å². The van der Waals surface area contributed by atoms with Crippen LogP contribution in [0, 0.1) is 10.8 Å². The van der Waals surface area contributed by atoms with Crippen LogP contribution in [0.2, 0.25) is 0 Å². The second-order valence-electron chi connectivity index (χ2n) is 4.20. The van der Waals surface area contributed by atoms with Crippen LogP contribution in [-0.2, 0) is 0 Å². The Morgan fingerprint density at radius 2 is 1.64 bits per heavy atom. The van der Waals surface area contributed by atoms with Gasteiger partial charge in [0.1, 0.15) is 0 Å². The van der Waals surface area contributed by atoms with E-state index in [4.69, 9.17) is 0 Å². The fraction of sp³-hybridized carbons (Fsp3) is 1.00. The molecule has 3 rings (SSSR count). The average molecular weight is 159 g/mol. The highest BCUT2D eigenvalue weighted by atomic mass is 19.3. The molecule has 11 heavy (non-hydrogen) atoms. The number of hydrogen-bond acceptors (Lipinski definition) is 1. The molecule has 1 aliphatic heterocycles. The number of alkyl halides is 2. The first-order chi connectivity index (χ1) is 5.16. The van der Waals surface area contributed by atoms with E-state index in [9.17, 15) is 8.78 Å². The Labute approximate surface area is 64.2 Å². The topological polar surface area (TPSA) is 12.0 Å². The lowest BCUT2D eigenvalue weighted by atomic mass is 9.73. The average Bonchev–Trinajstić information content (AvgIpc) is 2.17. The zero-order valence-electron chi connectivity index (χ0n) is 6.29. The Morgan fingerprint density at radius 3 is 1.73 bits per heavy atom. The van der Waals surface area contributed by atoms with Gasteiger partial charge in [0.05, 0.1) is 5.41 Å². The summed E-state index contributed by atoms with van der Waals surface area (Å²) in [5.41, 5.74) is -1.12. The third-order valence-electron chi connectivity index (χ3n) is 4.12. The van der Waals surface area contributed by atoms with Gasteiger partial charge >= 0.3 is 0 Å². The molecule has 2 aliphatic carbocycles. The molecule has 0 aromatic rings. The van der Waals surface area contributed by atoms with Gasteiger partial charge in [-0.15, -0.1) is 0 Å². The van der Waals surface area contributed by atoms with Gasteiger partial charge in [-0.05, 0) is 12.8 Å². The van der Waals surface area contributed by atoms with E-state index in [-0.39, 0.29) is 0 Å². The molecule has 2 saturated carbocycles. The maximum absolute atomic E-state index is 13.3. The van der Waals surface area contributed by atoms with Crippen LogP contribution >= 0.6 is 0 Å². The van der Waals surface area contributed by atoms with Crippen molar-refractivity contribution in [2.45, 2.75) is 25.2 Å². The molecule has 0 amide bonds. The van der Waals surface area contributed by atoms with Gasteiger partial charge in [0.15, 0.2) is 0 Å². The Balaban J connectivity index is 1.98. The molecule has 0 aromatic heterocycles. The van der Waals surface area contributed by atoms with E-state index in [1.54, 1.807) is 0 Å². The third-order valence-corrected chi connectivity index (χ3v) is 4.12. The minimum Gasteiger partial charge on any atom is -0.315 e. The fourth-order valence-corrected chi connectivity index (χ4v) is 3.00. The van der Waals surface area contributed by atoms with Crippen molar-refractivity contribution in [2.24, 2.45) is 10.8 Å². The van der Waals surface area contributed by atoms with Gasteiger partial charge in [-0.2, -0.15) is 0 Å². The molecule has 3 heteroatoms. The van der Waals surface area contributed by atoms with Crippen molar-refractivity contribution in [2.75, 3.05) is 13.1 Å². The van der Waals surface area contributed by atoms with Crippen molar-refractivity contribution < 1.29 is 8.78 Å². The zero-order chi connectivity index (χ0) is 7.74. The highest BCUT2D eigenvalue weighted by Gasteiger charge is 2.93. The van der Waals surface area contributed by atoms with Crippen molar-refractivity contribution in [3.05, 3.63) is 0 Å². The Kier molecular flexibility index (Phi) is 0.777. The molecule has 1 saturated heterocycles. The number of hydrogen-bond donors (Lipinski definition) is 1. The van der Waals surface area contributed by atoms with Crippen LogP contribution in [0.15, 0.2) is 0 Å². The number of rotatable bonds is 0. The Hall–Kier alpha value is -0.180. The van der Waals surface area contributed by atoms with Crippen molar-refractivity contribution in [3.63, 3.8) is 0 Å². The van der Waals surface area contributed by atoms with Crippen LogP contribution in [0.3, 0.4) is 0 Å². The van der Waals surface area contributed by atoms with E-state index in [0.717, 1.165) is 19.3 Å². The van der Waals surface area contributed by atoms with Crippen molar-refractivity contribution in [3.8, 4) is 0 Å². The van der Waals surface area contributed by atoms with Gasteiger partial charge in [0, 0.05) is 18.5 Å². The minimum atomic E-state index is -2.33. The van der Waals surface area contributed by atoms with Gasteiger partial charge in [-0.25, -0.2) is 8.78 Å². The second-order valence-corrected chi connectivity index (χ2v) is 4.20. The van der Waals surface area contributed by atoms with Gasteiger partial charge in [-0.3, -0.25) is 0 Å². The van der Waals surface area contributed by atoms with E-state index >= 15 is 0 Å². The molecule has 1 heterocycles. The molecule has 0 bridgehead atoms. The molecule has 62 valence electrons. The molecule has 0 radical (unpaired) electrons. The summed E-state index contributed by atoms with van der Waals surface area (Å²) in [6.45, 7) is 1.11. The summed E-state index contributed by atoms with van der Waals surface area (Å²) in [5, 5.41) is 2.96. The number of fused-ring (bicyclic) bond motifs is 1. The fourth-order valence-electron chi connectivity index (χ4n) is 3.00. The smallest absolute Gasteiger partial charge is 0.263 e. The Morgan fingerprint density at radius 1 is 1.00 bits per heavy atom. The predicted octanol–water partition coefficient (Wildman–Crippen LogP) is 1.40. The number of halogens is 2. The molecule has 3 aliphatic rings. The maximum Gasteiger partial charge on any atom is 0.263 e. The lowest BCUT2D eigenvalue weighted by molar-refractivity contribution is 0.0172. The SMILES string of the molecule is FC1(F)C2(CCC2)C12CNC2. The first-order valence-corrected chi connectivity index (χ1v) is 4.25. The summed E-state index contributed by atoms with van der Waals surface area (Å²) in [6, 6.07) is 0. The van der Waals surface area contributed by atoms with E-state index < -0.39 is 16.8 Å². The summed E-state index contributed by atoms with van der Waals surface area (Å²) in [5.74, 6) is -2.33. The van der Waals surface area contributed by atoms with Gasteiger partial charge in [0.2, 0.25) is 0 Å². The monoisotopic (exact) mass is 159 g/mol. The first kappa shape index (κ1) is 6.35. The molecule has 0 aromatic carbocycles. The molecule has 0 unspecified atom stereocenters. The molecule has 3 fully saturated rings. The van der Waals surface area contributed by atoms with E-state index in [0.29, 0.717) is 13.1 Å². The minimum absolute atomic E-state index is 0.536. The van der Waals surface area contributed by atoms with E-state index in [1.165, 1.54) is 0 Å². The molecule has 0 atom stereocenters. The largest absolute Gasteiger partial charge is 0.315 e. The van der Waals surface area contributed by atoms with Gasteiger partial charge in [-0.1, -0.05) is 6.42 Å². The standard InChI is InChI=1S/C8H11F2N/c9-8(10)6(2-1-3-6)7(8)4-11-5-7/h11H,1-5H2. The lowest BCUT2D eigenvalue weighted by Gasteiger charge is -2.35. The second kappa shape index (κ2) is 1.35. The summed E-state index contributed by atoms with van der Waals surface area (Å²) >= 11 is 0. The highest BCUT2D eigenvalue weighted by molar-refractivity contribution is 5.35. The van der Waals surface area contributed by atoms with Crippen LogP contribution in [0.25, 0.3) is 0 Å². The van der Waals surface area contributed by atoms with E-state index in [2.05, 4.69) is 5.32 Å². The zero-order valence-corrected chi connectivity index (χ0v) is 6.29. The van der Waals surface area contributed by atoms with E-state index in [1.807, 2.05) is 0 Å². The third kappa shape index (κ3) is 0.360. The van der Waals surface area contributed by atoms with Crippen LogP contribution in [0.4, 0.5) is 8.78 Å². The predicted molar refractivity (Wildman–Crippen MR) is 36.5 cm³/mol. The maximum atomic E-state index is 13.3. The van der Waals surface area contributed by atoms with Gasteiger partial charge in [0.25, 0.3) is 5.92 Å². The van der Waals surface area contributed by atoms with Crippen LogP contribution in [0.5, 0.6) is 0 Å².